The van der Waals surface area contributed by atoms with Gasteiger partial charge in [0, 0.05) is 19.6 Å². The average molecular weight is 243 g/mol. The van der Waals surface area contributed by atoms with Crippen LogP contribution in [0.15, 0.2) is 0 Å². The van der Waals surface area contributed by atoms with E-state index in [-0.39, 0.29) is 31.4 Å². The van der Waals surface area contributed by atoms with Crippen LogP contribution in [0.1, 0.15) is 25.7 Å². The van der Waals surface area contributed by atoms with Gasteiger partial charge in [0.05, 0.1) is 18.6 Å². The molecule has 6 heteroatoms. The monoisotopic (exact) mass is 243 g/mol. The molecule has 2 saturated heterocycles. The largest absolute Gasteiger partial charge is 0.480 e. The zero-order valence-corrected chi connectivity index (χ0v) is 9.54. The third kappa shape index (κ3) is 2.76. The van der Waals surface area contributed by atoms with Crippen molar-refractivity contribution in [2.75, 3.05) is 13.2 Å². The molecule has 1 unspecified atom stereocenters. The van der Waals surface area contributed by atoms with Crippen LogP contribution < -0.4 is 0 Å². The van der Waals surface area contributed by atoms with Crippen molar-refractivity contribution in [2.45, 2.75) is 43.9 Å². The van der Waals surface area contributed by atoms with Crippen LogP contribution in [0.25, 0.3) is 0 Å². The molecule has 0 saturated carbocycles. The highest BCUT2D eigenvalue weighted by Crippen LogP contribution is 2.22. The van der Waals surface area contributed by atoms with Gasteiger partial charge >= 0.3 is 5.97 Å². The van der Waals surface area contributed by atoms with Gasteiger partial charge < -0.3 is 19.8 Å². The number of amides is 1. The minimum absolute atomic E-state index is 0.0883. The Labute approximate surface area is 99.2 Å². The summed E-state index contributed by atoms with van der Waals surface area (Å²) < 4.78 is 5.35. The molecule has 2 fully saturated rings. The number of aliphatic carboxylic acids is 1. The van der Waals surface area contributed by atoms with Crippen molar-refractivity contribution in [3.63, 3.8) is 0 Å². The Kier molecular flexibility index (Phi) is 3.63. The summed E-state index contributed by atoms with van der Waals surface area (Å²) >= 11 is 0. The van der Waals surface area contributed by atoms with Crippen LogP contribution in [-0.4, -0.2) is 58.4 Å². The topological polar surface area (TPSA) is 87.1 Å². The number of rotatable bonds is 3. The maximum absolute atomic E-state index is 11.9. The summed E-state index contributed by atoms with van der Waals surface area (Å²) in [7, 11) is 0. The van der Waals surface area contributed by atoms with Gasteiger partial charge in [-0.05, 0) is 12.8 Å². The van der Waals surface area contributed by atoms with E-state index in [4.69, 9.17) is 9.84 Å². The van der Waals surface area contributed by atoms with E-state index in [1.54, 1.807) is 0 Å². The highest BCUT2D eigenvalue weighted by atomic mass is 16.5. The van der Waals surface area contributed by atoms with Gasteiger partial charge in [0.15, 0.2) is 0 Å². The second-order valence-electron chi connectivity index (χ2n) is 4.63. The van der Waals surface area contributed by atoms with E-state index >= 15 is 0 Å². The molecule has 96 valence electrons. The predicted molar refractivity (Wildman–Crippen MR) is 57.4 cm³/mol. The summed E-state index contributed by atoms with van der Waals surface area (Å²) in [6.07, 6.45) is 1.31. The van der Waals surface area contributed by atoms with Crippen molar-refractivity contribution in [3.8, 4) is 0 Å². The molecule has 0 spiro atoms. The molecule has 0 aliphatic carbocycles. The second kappa shape index (κ2) is 5.01. The molecule has 1 amide bonds. The van der Waals surface area contributed by atoms with Gasteiger partial charge in [0.25, 0.3) is 0 Å². The number of hydrogen-bond acceptors (Lipinski definition) is 4. The fourth-order valence-electron chi connectivity index (χ4n) is 2.44. The van der Waals surface area contributed by atoms with Crippen LogP contribution in [0.2, 0.25) is 0 Å². The fraction of sp³-hybridized carbons (Fsp3) is 0.818. The number of likely N-dealkylation sites (tertiary alicyclic amines) is 1. The lowest BCUT2D eigenvalue weighted by molar-refractivity contribution is -0.149. The normalized spacial score (nSPS) is 33.0. The smallest absolute Gasteiger partial charge is 0.326 e. The van der Waals surface area contributed by atoms with E-state index in [1.165, 1.54) is 4.90 Å². The van der Waals surface area contributed by atoms with Gasteiger partial charge in [-0.25, -0.2) is 4.79 Å². The molecule has 2 rings (SSSR count). The summed E-state index contributed by atoms with van der Waals surface area (Å²) in [5, 5.41) is 18.4. The van der Waals surface area contributed by atoms with E-state index in [9.17, 15) is 14.7 Å². The van der Waals surface area contributed by atoms with Gasteiger partial charge in [-0.15, -0.1) is 0 Å². The summed E-state index contributed by atoms with van der Waals surface area (Å²) in [6.45, 7) is 0.783. The lowest BCUT2D eigenvalue weighted by atomic mass is 10.1. The van der Waals surface area contributed by atoms with Crippen LogP contribution in [-0.2, 0) is 14.3 Å². The first kappa shape index (κ1) is 12.3. The molecule has 0 radical (unpaired) electrons. The number of hydrogen-bond donors (Lipinski definition) is 2. The Balaban J connectivity index is 1.94. The standard InChI is InChI=1S/C11H17NO5/c13-7-4-9(11(15)16)12(6-7)10(14)5-8-2-1-3-17-8/h7-9,13H,1-6H2,(H,15,16)/t7-,8?,9-/m1/s1. The third-order valence-electron chi connectivity index (χ3n) is 3.31. The number of carboxylic acid groups (broad SMARTS) is 1. The first-order valence-electron chi connectivity index (χ1n) is 5.90. The van der Waals surface area contributed by atoms with Crippen molar-refractivity contribution in [1.82, 2.24) is 4.90 Å². The molecule has 2 N–H and O–H groups in total. The summed E-state index contributed by atoms with van der Waals surface area (Å²) in [4.78, 5) is 24.2. The van der Waals surface area contributed by atoms with Gasteiger partial charge in [-0.2, -0.15) is 0 Å². The van der Waals surface area contributed by atoms with E-state index in [0.29, 0.717) is 6.61 Å². The summed E-state index contributed by atoms with van der Waals surface area (Å²) in [6, 6.07) is -0.890. The zero-order chi connectivity index (χ0) is 12.4. The van der Waals surface area contributed by atoms with E-state index in [1.807, 2.05) is 0 Å². The van der Waals surface area contributed by atoms with Gasteiger partial charge in [-0.3, -0.25) is 4.79 Å². The number of carbonyl (C=O) groups excluding carboxylic acids is 1. The lowest BCUT2D eigenvalue weighted by Gasteiger charge is -2.22. The number of ether oxygens (including phenoxy) is 1. The number of carboxylic acids is 1. The predicted octanol–water partition coefficient (Wildman–Crippen LogP) is -0.398. The maximum Gasteiger partial charge on any atom is 0.326 e. The maximum atomic E-state index is 11.9. The number of nitrogens with zero attached hydrogens (tertiary/aromatic N) is 1. The first-order chi connectivity index (χ1) is 8.08. The molecule has 2 aliphatic rings. The van der Waals surface area contributed by atoms with E-state index in [2.05, 4.69) is 0 Å². The van der Waals surface area contributed by atoms with Crippen molar-refractivity contribution in [1.29, 1.82) is 0 Å². The Hall–Kier alpha value is -1.14. The average Bonchev–Trinajstić information content (AvgIpc) is 2.86. The lowest BCUT2D eigenvalue weighted by Crippen LogP contribution is -2.41. The highest BCUT2D eigenvalue weighted by Gasteiger charge is 2.39. The minimum atomic E-state index is -1.05. The fourth-order valence-corrected chi connectivity index (χ4v) is 2.44. The van der Waals surface area contributed by atoms with Crippen LogP contribution in [0, 0.1) is 0 Å². The van der Waals surface area contributed by atoms with E-state index < -0.39 is 18.1 Å². The third-order valence-corrected chi connectivity index (χ3v) is 3.31. The van der Waals surface area contributed by atoms with Crippen LogP contribution in [0.3, 0.4) is 0 Å². The number of carbonyl (C=O) groups is 2. The summed E-state index contributed by atoms with van der Waals surface area (Å²) in [5.41, 5.74) is 0. The van der Waals surface area contributed by atoms with Crippen molar-refractivity contribution in [3.05, 3.63) is 0 Å². The van der Waals surface area contributed by atoms with Crippen LogP contribution >= 0.6 is 0 Å². The molecule has 0 bridgehead atoms. The van der Waals surface area contributed by atoms with Crippen LogP contribution in [0.4, 0.5) is 0 Å². The molecule has 3 atom stereocenters. The number of β-amino-alcohol motifs (C(OH)–C–C–N with tert-alkyl or cyclic N) is 1. The first-order valence-corrected chi connectivity index (χ1v) is 5.90. The minimum Gasteiger partial charge on any atom is -0.480 e. The Morgan fingerprint density at radius 2 is 2.18 bits per heavy atom. The van der Waals surface area contributed by atoms with Crippen molar-refractivity contribution < 1.29 is 24.5 Å². The summed E-state index contributed by atoms with van der Waals surface area (Å²) in [5.74, 6) is -1.29. The zero-order valence-electron chi connectivity index (χ0n) is 9.54. The van der Waals surface area contributed by atoms with Crippen LogP contribution in [0.5, 0.6) is 0 Å². The van der Waals surface area contributed by atoms with Gasteiger partial charge in [0.1, 0.15) is 6.04 Å². The molecular formula is C11H17NO5. The molecule has 2 aliphatic heterocycles. The molecule has 17 heavy (non-hydrogen) atoms. The van der Waals surface area contributed by atoms with Crippen molar-refractivity contribution in [2.24, 2.45) is 0 Å². The van der Waals surface area contributed by atoms with Crippen molar-refractivity contribution >= 4 is 11.9 Å². The van der Waals surface area contributed by atoms with Gasteiger partial charge in [0.2, 0.25) is 5.91 Å². The molecule has 0 aromatic rings. The Bertz CT molecular complexity index is 313. The quantitative estimate of drug-likeness (QED) is 0.704. The second-order valence-corrected chi connectivity index (χ2v) is 4.63. The molecule has 2 heterocycles. The number of aliphatic hydroxyl groups is 1. The highest BCUT2D eigenvalue weighted by molar-refractivity contribution is 5.84. The SMILES string of the molecule is O=C(O)[C@H]1C[C@@H](O)CN1C(=O)CC1CCCO1. The molecular weight excluding hydrogens is 226 g/mol. The molecule has 6 nitrogen and oxygen atoms in total. The molecule has 0 aromatic heterocycles. The molecule has 0 aromatic carbocycles. The number of aliphatic hydroxyl groups excluding tert-OH is 1. The van der Waals surface area contributed by atoms with Gasteiger partial charge in [-0.1, -0.05) is 0 Å². The Morgan fingerprint density at radius 1 is 1.41 bits per heavy atom. The Morgan fingerprint density at radius 3 is 2.76 bits per heavy atom. The van der Waals surface area contributed by atoms with E-state index in [0.717, 1.165) is 12.8 Å².